The summed E-state index contributed by atoms with van der Waals surface area (Å²) in [5, 5.41) is 0.912. The largest absolute Gasteiger partial charge is 0.278 e. The van der Waals surface area contributed by atoms with Crippen LogP contribution in [0.1, 0.15) is 65.7 Å². The molecule has 94 valence electrons. The lowest BCUT2D eigenvalue weighted by Crippen LogP contribution is -1.93. The number of thiol groups is 1. The molecule has 0 heterocycles. The van der Waals surface area contributed by atoms with Crippen LogP contribution in [0.15, 0.2) is 16.6 Å². The minimum absolute atomic E-state index is 0.912. The highest BCUT2D eigenvalue weighted by molar-refractivity contribution is 7.97. The first-order chi connectivity index (χ1) is 7.72. The van der Waals surface area contributed by atoms with Crippen LogP contribution in [0.25, 0.3) is 0 Å². The molecule has 0 aromatic carbocycles. The Labute approximate surface area is 107 Å². The molecule has 0 fully saturated rings. The SMILES string of the molecule is CC/C=C(C)/C(S)=N/CCCCCCCC. The molecule has 0 atom stereocenters. The second-order valence-corrected chi connectivity index (χ2v) is 4.69. The maximum Gasteiger partial charge on any atom is 0.0899 e. The Bertz CT molecular complexity index is 219. The van der Waals surface area contributed by atoms with Gasteiger partial charge in [-0.1, -0.05) is 52.0 Å². The summed E-state index contributed by atoms with van der Waals surface area (Å²) < 4.78 is 0. The summed E-state index contributed by atoms with van der Waals surface area (Å²) in [6.45, 7) is 7.40. The van der Waals surface area contributed by atoms with Crippen LogP contribution in [0.3, 0.4) is 0 Å². The lowest BCUT2D eigenvalue weighted by molar-refractivity contribution is 0.612. The van der Waals surface area contributed by atoms with E-state index in [1.807, 2.05) is 0 Å². The molecular formula is C14H27NS. The highest BCUT2D eigenvalue weighted by Crippen LogP contribution is 2.07. The highest BCUT2D eigenvalue weighted by Gasteiger charge is 1.94. The van der Waals surface area contributed by atoms with Crippen LogP contribution in [0.5, 0.6) is 0 Å². The smallest absolute Gasteiger partial charge is 0.0899 e. The summed E-state index contributed by atoms with van der Waals surface area (Å²) >= 11 is 4.40. The quantitative estimate of drug-likeness (QED) is 0.251. The molecule has 0 aromatic heterocycles. The number of hydrogen-bond donors (Lipinski definition) is 1. The molecule has 0 amide bonds. The van der Waals surface area contributed by atoms with Crippen molar-refractivity contribution in [2.24, 2.45) is 4.99 Å². The summed E-state index contributed by atoms with van der Waals surface area (Å²) in [7, 11) is 0. The zero-order valence-corrected chi connectivity index (χ0v) is 12.0. The van der Waals surface area contributed by atoms with Crippen molar-refractivity contribution in [3.63, 3.8) is 0 Å². The highest BCUT2D eigenvalue weighted by atomic mass is 32.1. The van der Waals surface area contributed by atoms with E-state index in [9.17, 15) is 0 Å². The number of allylic oxidation sites excluding steroid dienone is 1. The first-order valence-corrected chi connectivity index (χ1v) is 7.07. The topological polar surface area (TPSA) is 12.4 Å². The van der Waals surface area contributed by atoms with Crippen molar-refractivity contribution in [2.75, 3.05) is 6.54 Å². The van der Waals surface area contributed by atoms with Crippen molar-refractivity contribution in [2.45, 2.75) is 65.7 Å². The van der Waals surface area contributed by atoms with E-state index in [0.717, 1.165) is 18.0 Å². The predicted molar refractivity (Wildman–Crippen MR) is 78.7 cm³/mol. The van der Waals surface area contributed by atoms with Crippen LogP contribution < -0.4 is 0 Å². The normalized spacial score (nSPS) is 13.2. The van der Waals surface area contributed by atoms with Gasteiger partial charge >= 0.3 is 0 Å². The number of nitrogens with zero attached hydrogens (tertiary/aromatic N) is 1. The number of aliphatic imine (C=N–C) groups is 1. The van der Waals surface area contributed by atoms with Crippen molar-refractivity contribution in [3.05, 3.63) is 11.6 Å². The van der Waals surface area contributed by atoms with Gasteiger partial charge in [-0.05, 0) is 25.3 Å². The molecule has 0 aliphatic heterocycles. The van der Waals surface area contributed by atoms with Crippen LogP contribution in [-0.4, -0.2) is 11.6 Å². The van der Waals surface area contributed by atoms with Crippen LogP contribution >= 0.6 is 12.6 Å². The van der Waals surface area contributed by atoms with Crippen molar-refractivity contribution < 1.29 is 0 Å². The first kappa shape index (κ1) is 15.8. The van der Waals surface area contributed by atoms with E-state index in [4.69, 9.17) is 0 Å². The lowest BCUT2D eigenvalue weighted by Gasteiger charge is -2.01. The van der Waals surface area contributed by atoms with Gasteiger partial charge in [0.25, 0.3) is 0 Å². The van der Waals surface area contributed by atoms with E-state index in [2.05, 4.69) is 44.5 Å². The van der Waals surface area contributed by atoms with Gasteiger partial charge in [0.05, 0.1) is 5.04 Å². The van der Waals surface area contributed by atoms with Crippen molar-refractivity contribution in [1.82, 2.24) is 0 Å². The summed E-state index contributed by atoms with van der Waals surface area (Å²) in [6, 6.07) is 0. The Morgan fingerprint density at radius 3 is 2.31 bits per heavy atom. The summed E-state index contributed by atoms with van der Waals surface area (Å²) in [4.78, 5) is 4.47. The Kier molecular flexibility index (Phi) is 11.1. The minimum Gasteiger partial charge on any atom is -0.278 e. The molecule has 0 aromatic rings. The maximum atomic E-state index is 4.47. The summed E-state index contributed by atoms with van der Waals surface area (Å²) in [6.07, 6.45) is 11.2. The van der Waals surface area contributed by atoms with E-state index in [0.29, 0.717) is 0 Å². The minimum atomic E-state index is 0.912. The van der Waals surface area contributed by atoms with Crippen molar-refractivity contribution in [3.8, 4) is 0 Å². The maximum absolute atomic E-state index is 4.47. The van der Waals surface area contributed by atoms with Gasteiger partial charge < -0.3 is 0 Å². The van der Waals surface area contributed by atoms with E-state index < -0.39 is 0 Å². The van der Waals surface area contributed by atoms with Gasteiger partial charge in [-0.25, -0.2) is 0 Å². The second-order valence-electron chi connectivity index (χ2n) is 4.27. The van der Waals surface area contributed by atoms with E-state index in [1.54, 1.807) is 0 Å². The molecule has 0 rings (SSSR count). The van der Waals surface area contributed by atoms with E-state index >= 15 is 0 Å². The molecule has 0 aliphatic carbocycles. The average Bonchev–Trinajstić information content (AvgIpc) is 2.28. The van der Waals surface area contributed by atoms with Gasteiger partial charge in [-0.15, -0.1) is 12.6 Å². The third-order valence-corrected chi connectivity index (χ3v) is 3.13. The van der Waals surface area contributed by atoms with Gasteiger partial charge in [0.2, 0.25) is 0 Å². The van der Waals surface area contributed by atoms with Crippen LogP contribution in [-0.2, 0) is 0 Å². The summed E-state index contributed by atoms with van der Waals surface area (Å²) in [5.74, 6) is 0. The molecular weight excluding hydrogens is 214 g/mol. The molecule has 0 saturated heterocycles. The molecule has 0 aliphatic rings. The molecule has 0 N–H and O–H groups in total. The van der Waals surface area contributed by atoms with Crippen molar-refractivity contribution in [1.29, 1.82) is 0 Å². The molecule has 0 saturated carbocycles. The zero-order chi connectivity index (χ0) is 12.2. The monoisotopic (exact) mass is 241 g/mol. The Hall–Kier alpha value is -0.240. The second kappa shape index (κ2) is 11.3. The molecule has 0 radical (unpaired) electrons. The molecule has 2 heteroatoms. The predicted octanol–water partition coefficient (Wildman–Crippen LogP) is 5.03. The average molecular weight is 241 g/mol. The number of rotatable bonds is 9. The Morgan fingerprint density at radius 1 is 1.06 bits per heavy atom. The van der Waals surface area contributed by atoms with Gasteiger partial charge in [-0.3, -0.25) is 4.99 Å². The number of hydrogen-bond acceptors (Lipinski definition) is 1. The van der Waals surface area contributed by atoms with Gasteiger partial charge in [0, 0.05) is 6.54 Å². The molecule has 0 unspecified atom stereocenters. The number of unbranched alkanes of at least 4 members (excludes halogenated alkanes) is 5. The van der Waals surface area contributed by atoms with Gasteiger partial charge in [0.15, 0.2) is 0 Å². The van der Waals surface area contributed by atoms with Crippen LogP contribution in [0, 0.1) is 0 Å². The first-order valence-electron chi connectivity index (χ1n) is 6.62. The van der Waals surface area contributed by atoms with Gasteiger partial charge in [-0.2, -0.15) is 0 Å². The third kappa shape index (κ3) is 9.02. The van der Waals surface area contributed by atoms with E-state index in [1.165, 1.54) is 44.1 Å². The molecule has 0 spiro atoms. The fourth-order valence-corrected chi connectivity index (χ4v) is 1.79. The molecule has 1 nitrogen and oxygen atoms in total. The van der Waals surface area contributed by atoms with Crippen LogP contribution in [0.2, 0.25) is 0 Å². The Balaban J connectivity index is 3.55. The van der Waals surface area contributed by atoms with E-state index in [-0.39, 0.29) is 0 Å². The third-order valence-electron chi connectivity index (χ3n) is 2.64. The fourth-order valence-electron chi connectivity index (χ4n) is 1.60. The van der Waals surface area contributed by atoms with Crippen LogP contribution in [0.4, 0.5) is 0 Å². The van der Waals surface area contributed by atoms with Gasteiger partial charge in [0.1, 0.15) is 0 Å². The molecule has 0 bridgehead atoms. The Morgan fingerprint density at radius 2 is 1.69 bits per heavy atom. The molecule has 16 heavy (non-hydrogen) atoms. The standard InChI is InChI=1S/C14H27NS/c1-4-6-7-8-9-10-12-15-14(16)13(3)11-5-2/h11H,4-10,12H2,1-3H3,(H,15,16)/b13-11+. The summed E-state index contributed by atoms with van der Waals surface area (Å²) in [5.41, 5.74) is 1.21. The van der Waals surface area contributed by atoms with Crippen molar-refractivity contribution >= 4 is 17.7 Å². The fraction of sp³-hybridized carbons (Fsp3) is 0.786. The zero-order valence-electron chi connectivity index (χ0n) is 11.1. The lowest BCUT2D eigenvalue weighted by atomic mass is 10.1.